The van der Waals surface area contributed by atoms with E-state index in [1.807, 2.05) is 0 Å². The van der Waals surface area contributed by atoms with Crippen LogP contribution in [0.3, 0.4) is 0 Å². The van der Waals surface area contributed by atoms with Gasteiger partial charge in [-0.15, -0.1) is 0 Å². The molecule has 204 valence electrons. The number of benzene rings is 2. The highest BCUT2D eigenvalue weighted by Crippen LogP contribution is 2.47. The van der Waals surface area contributed by atoms with E-state index in [1.165, 1.54) is 36.4 Å². The first-order valence-corrected chi connectivity index (χ1v) is 14.1. The highest BCUT2D eigenvalue weighted by atomic mass is 35.5. The second kappa shape index (κ2) is 11.3. The molecule has 38 heavy (non-hydrogen) atoms. The first-order chi connectivity index (χ1) is 18.0. The van der Waals surface area contributed by atoms with Crippen LogP contribution in [0.5, 0.6) is 11.5 Å². The molecule has 2 bridgehead atoms. The maximum absolute atomic E-state index is 13.5. The molecule has 0 aromatic heterocycles. The van der Waals surface area contributed by atoms with Crippen LogP contribution in [0.2, 0.25) is 5.02 Å². The van der Waals surface area contributed by atoms with Gasteiger partial charge in [-0.05, 0) is 61.2 Å². The molecule has 2 amide bonds. The summed E-state index contributed by atoms with van der Waals surface area (Å²) in [5.74, 6) is -0.977. The smallest absolute Gasteiger partial charge is 0.262 e. The second-order valence-corrected chi connectivity index (χ2v) is 11.9. The van der Waals surface area contributed by atoms with Gasteiger partial charge in [-0.1, -0.05) is 18.5 Å². The second-order valence-electron chi connectivity index (χ2n) is 9.35. The number of amides is 2. The van der Waals surface area contributed by atoms with E-state index in [0.29, 0.717) is 30.7 Å². The van der Waals surface area contributed by atoms with Crippen LogP contribution in [0.25, 0.3) is 0 Å². The van der Waals surface area contributed by atoms with Crippen LogP contribution < -0.4 is 20.1 Å². The van der Waals surface area contributed by atoms with Crippen molar-refractivity contribution in [3.63, 3.8) is 0 Å². The fourth-order valence-corrected chi connectivity index (χ4v) is 5.96. The number of ether oxygens (including phenoxy) is 2. The Bertz CT molecular complexity index is 1350. The third-order valence-electron chi connectivity index (χ3n) is 6.49. The normalized spacial score (nSPS) is 20.4. The van der Waals surface area contributed by atoms with Crippen molar-refractivity contribution in [3.8, 4) is 11.5 Å². The largest absolute Gasteiger partial charge is 0.484 e. The number of hydrogen-bond acceptors (Lipinski definition) is 7. The lowest BCUT2D eigenvalue weighted by molar-refractivity contribution is -0.129. The Morgan fingerprint density at radius 3 is 2.34 bits per heavy atom. The van der Waals surface area contributed by atoms with Crippen LogP contribution in [-0.2, 0) is 19.4 Å². The molecular formula is C26H28ClFN2O7S. The number of aliphatic hydroxyl groups excluding tert-OH is 1. The number of rotatable bonds is 11. The Hall–Kier alpha value is -3.15. The van der Waals surface area contributed by atoms with Gasteiger partial charge in [0, 0.05) is 18.2 Å². The van der Waals surface area contributed by atoms with Crippen molar-refractivity contribution >= 4 is 33.3 Å². The minimum atomic E-state index is -3.34. The quantitative estimate of drug-likeness (QED) is 0.381. The lowest BCUT2D eigenvalue weighted by atomic mass is 9.62. The fourth-order valence-electron chi connectivity index (χ4n) is 4.52. The van der Waals surface area contributed by atoms with Gasteiger partial charge in [0.1, 0.15) is 17.3 Å². The molecular weight excluding hydrogens is 539 g/mol. The van der Waals surface area contributed by atoms with Crippen LogP contribution in [0, 0.1) is 5.82 Å². The number of carbonyl (C=O) groups excluding carboxylic acids is 2. The van der Waals surface area contributed by atoms with E-state index >= 15 is 0 Å². The minimum absolute atomic E-state index is 0.0499. The number of carbonyl (C=O) groups is 2. The summed E-state index contributed by atoms with van der Waals surface area (Å²) in [5, 5.41) is 16.2. The molecule has 3 N–H and O–H groups in total. The van der Waals surface area contributed by atoms with Crippen molar-refractivity contribution in [2.45, 2.75) is 49.1 Å². The molecule has 12 heteroatoms. The van der Waals surface area contributed by atoms with Crippen LogP contribution in [0.1, 0.15) is 32.6 Å². The van der Waals surface area contributed by atoms with Gasteiger partial charge in [0.05, 0.1) is 27.3 Å². The van der Waals surface area contributed by atoms with Gasteiger partial charge in [0.15, 0.2) is 23.1 Å². The first kappa shape index (κ1) is 27.9. The van der Waals surface area contributed by atoms with Gasteiger partial charge in [-0.25, -0.2) is 12.8 Å². The van der Waals surface area contributed by atoms with Crippen LogP contribution in [-0.4, -0.2) is 55.9 Å². The molecule has 1 saturated carbocycles. The summed E-state index contributed by atoms with van der Waals surface area (Å²) in [7, 11) is -3.34. The topological polar surface area (TPSA) is 131 Å². The van der Waals surface area contributed by atoms with E-state index in [0.717, 1.165) is 11.6 Å². The molecule has 3 aliphatic carbocycles. The first-order valence-electron chi connectivity index (χ1n) is 12.0. The fraction of sp³-hybridized carbons (Fsp3) is 0.385. The van der Waals surface area contributed by atoms with Crippen molar-refractivity contribution in [1.29, 1.82) is 0 Å². The average Bonchev–Trinajstić information content (AvgIpc) is 2.84. The van der Waals surface area contributed by atoms with Crippen molar-refractivity contribution < 1.29 is 37.0 Å². The van der Waals surface area contributed by atoms with Crippen molar-refractivity contribution in [3.05, 3.63) is 64.6 Å². The molecule has 5 rings (SSSR count). The summed E-state index contributed by atoms with van der Waals surface area (Å²) in [6, 6.07) is 9.74. The van der Waals surface area contributed by atoms with Crippen molar-refractivity contribution in [2.24, 2.45) is 0 Å². The highest BCUT2D eigenvalue weighted by Gasteiger charge is 2.52. The van der Waals surface area contributed by atoms with Gasteiger partial charge in [0.25, 0.3) is 11.8 Å². The summed E-state index contributed by atoms with van der Waals surface area (Å²) in [6.07, 6.45) is 0.491. The molecule has 2 aromatic carbocycles. The predicted molar refractivity (Wildman–Crippen MR) is 137 cm³/mol. The van der Waals surface area contributed by atoms with Gasteiger partial charge in [-0.2, -0.15) is 0 Å². The Labute approximate surface area is 224 Å². The molecule has 0 spiro atoms. The number of aliphatic hydroxyl groups is 1. The molecule has 9 nitrogen and oxygen atoms in total. The Kier molecular flexibility index (Phi) is 8.29. The third kappa shape index (κ3) is 6.28. The summed E-state index contributed by atoms with van der Waals surface area (Å²) >= 11 is 5.63. The number of nitrogens with one attached hydrogen (secondary N) is 2. The van der Waals surface area contributed by atoms with E-state index in [2.05, 4.69) is 10.6 Å². The summed E-state index contributed by atoms with van der Waals surface area (Å²) < 4.78 is 48.5. The molecule has 0 heterocycles. The molecule has 2 aromatic rings. The zero-order chi connectivity index (χ0) is 27.5. The lowest BCUT2D eigenvalue weighted by Gasteiger charge is -2.52. The van der Waals surface area contributed by atoms with Gasteiger partial charge < -0.3 is 25.2 Å². The van der Waals surface area contributed by atoms with Crippen molar-refractivity contribution in [1.82, 2.24) is 10.6 Å². The summed E-state index contributed by atoms with van der Waals surface area (Å²) in [4.78, 5) is 25.0. The van der Waals surface area contributed by atoms with Crippen LogP contribution >= 0.6 is 11.6 Å². The molecule has 1 fully saturated rings. The Morgan fingerprint density at radius 2 is 1.71 bits per heavy atom. The molecule has 0 saturated heterocycles. The van der Waals surface area contributed by atoms with E-state index in [9.17, 15) is 27.5 Å². The van der Waals surface area contributed by atoms with Gasteiger partial charge >= 0.3 is 0 Å². The number of fused-ring (bicyclic) bond motifs is 2. The Morgan fingerprint density at radius 1 is 1.08 bits per heavy atom. The van der Waals surface area contributed by atoms with Crippen LogP contribution in [0.4, 0.5) is 4.39 Å². The van der Waals surface area contributed by atoms with Crippen molar-refractivity contribution in [2.75, 3.05) is 19.0 Å². The molecule has 3 aliphatic rings. The van der Waals surface area contributed by atoms with E-state index in [1.54, 1.807) is 6.92 Å². The number of halogens is 2. The molecule has 0 unspecified atom stereocenters. The van der Waals surface area contributed by atoms with Gasteiger partial charge in [-0.3, -0.25) is 9.59 Å². The minimum Gasteiger partial charge on any atom is -0.484 e. The zero-order valence-electron chi connectivity index (χ0n) is 20.6. The highest BCUT2D eigenvalue weighted by molar-refractivity contribution is 7.91. The Balaban J connectivity index is 1.25. The van der Waals surface area contributed by atoms with Gasteiger partial charge in [0.2, 0.25) is 0 Å². The molecule has 0 aliphatic heterocycles. The van der Waals surface area contributed by atoms with E-state index < -0.39 is 39.1 Å². The standard InChI is InChI=1S/C26H28ClFN2O7S/c1-2-9-38(34,35)19-6-3-17(4-7-19)36-15-25(33)30-26-12-16(13-26)22(11-23(26)31)29-24(32)14-37-18-5-8-20(27)21(28)10-18/h3-8,10,23,31H,2,9,11-15H2,1H3,(H,29,32)(H,30,33)/t23-/m0/s1. The lowest BCUT2D eigenvalue weighted by Crippen LogP contribution is -2.65. The van der Waals surface area contributed by atoms with E-state index in [-0.39, 0.29) is 41.1 Å². The van der Waals surface area contributed by atoms with Crippen LogP contribution in [0.15, 0.2) is 58.6 Å². The zero-order valence-corrected chi connectivity index (χ0v) is 22.2. The maximum Gasteiger partial charge on any atom is 0.262 e. The summed E-state index contributed by atoms with van der Waals surface area (Å²) in [6.45, 7) is 1.14. The average molecular weight is 567 g/mol. The number of hydrogen-bond donors (Lipinski definition) is 3. The molecule has 0 radical (unpaired) electrons. The molecule has 1 atom stereocenters. The maximum atomic E-state index is 13.5. The van der Waals surface area contributed by atoms with E-state index in [4.69, 9.17) is 21.1 Å². The third-order valence-corrected chi connectivity index (χ3v) is 8.73. The number of sulfone groups is 1. The monoisotopic (exact) mass is 566 g/mol. The summed E-state index contributed by atoms with van der Waals surface area (Å²) in [5.41, 5.74) is 0.657. The SMILES string of the molecule is CCCS(=O)(=O)c1ccc(OCC(=O)NC23CC(=C(NC(=O)COc4ccc(Cl)c(F)c4)C[C@@H]2O)C3)cc1. The predicted octanol–water partition coefficient (Wildman–Crippen LogP) is 2.90.